The van der Waals surface area contributed by atoms with E-state index in [1.807, 2.05) is 0 Å². The van der Waals surface area contributed by atoms with Crippen molar-refractivity contribution in [2.45, 2.75) is 6.92 Å². The van der Waals surface area contributed by atoms with E-state index in [0.29, 0.717) is 0 Å². The number of carbonyl (C=O) groups is 1. The zero-order valence-corrected chi connectivity index (χ0v) is 7.26. The largest absolute Gasteiger partial charge is 1.00 e. The first-order valence-corrected chi connectivity index (χ1v) is 2.04. The molecule has 0 amide bonds. The minimum atomic E-state index is -1.07. The number of nitrogens with zero attached hydrogens (tertiary/aromatic N) is 1. The van der Waals surface area contributed by atoms with Crippen LogP contribution in [0.5, 0.6) is 0 Å². The predicted molar refractivity (Wildman–Crippen MR) is 25.9 cm³/mol. The second-order valence-electron chi connectivity index (χ2n) is 1.12. The van der Waals surface area contributed by atoms with E-state index >= 15 is 0 Å². The second-order valence-corrected chi connectivity index (χ2v) is 1.12. The third-order valence-corrected chi connectivity index (χ3v) is 0.481. The Morgan fingerprint density at radius 1 is 1.88 bits per heavy atom. The third-order valence-electron chi connectivity index (χ3n) is 0.481. The Bertz CT molecular complexity index is 110. The van der Waals surface area contributed by atoms with Crippen molar-refractivity contribution in [3.05, 3.63) is 0 Å². The van der Waals surface area contributed by atoms with Crippen LogP contribution in [-0.4, -0.2) is 13.5 Å². The number of hydrogen-bond acceptors (Lipinski definition) is 3. The molecule has 0 atom stereocenters. The summed E-state index contributed by atoms with van der Waals surface area (Å²) in [4.78, 5) is 9.86. The van der Waals surface area contributed by atoms with E-state index in [1.54, 1.807) is 5.97 Å². The molecule has 0 aliphatic rings. The number of nitriles is 1. The van der Waals surface area contributed by atoms with Gasteiger partial charge in [0.1, 0.15) is 0 Å². The Morgan fingerprint density at radius 2 is 2.38 bits per heavy atom. The fourth-order valence-corrected chi connectivity index (χ4v) is 0.189. The van der Waals surface area contributed by atoms with Crippen LogP contribution in [0.3, 0.4) is 0 Å². The molecule has 38 valence electrons. The Labute approximate surface area is 70.6 Å². The van der Waals surface area contributed by atoms with Gasteiger partial charge in [-0.1, -0.05) is 0 Å². The maximum atomic E-state index is 9.86. The molecule has 0 unspecified atom stereocenters. The van der Waals surface area contributed by atoms with Gasteiger partial charge in [-0.2, -0.15) is 0 Å². The molecule has 0 heterocycles. The number of hydrogen-bond donors (Lipinski definition) is 0. The summed E-state index contributed by atoms with van der Waals surface area (Å²) in [5.74, 6) is 1.42. The molecule has 0 aromatic carbocycles. The fourth-order valence-electron chi connectivity index (χ4n) is 0.189. The van der Waals surface area contributed by atoms with E-state index in [-0.39, 0.29) is 35.5 Å². The van der Waals surface area contributed by atoms with Gasteiger partial charge in [0, 0.05) is 6.92 Å². The van der Waals surface area contributed by atoms with Gasteiger partial charge in [-0.15, -0.1) is 5.97 Å². The van der Waals surface area contributed by atoms with E-state index in [1.165, 1.54) is 6.92 Å². The van der Waals surface area contributed by atoms with E-state index in [0.717, 1.165) is 0 Å². The van der Waals surface area contributed by atoms with Gasteiger partial charge in [-0.25, -0.2) is 5.26 Å². The molecule has 0 aliphatic carbocycles. The van der Waals surface area contributed by atoms with Crippen molar-refractivity contribution in [1.82, 2.24) is 0 Å². The van der Waals surface area contributed by atoms with Gasteiger partial charge >= 0.3 is 29.6 Å². The third kappa shape index (κ3) is 9.39. The molecule has 0 N–H and O–H groups in total. The van der Waals surface area contributed by atoms with Crippen LogP contribution in [0.1, 0.15) is 6.92 Å². The molecule has 8 heavy (non-hydrogen) atoms. The molecular formula is C3H5BNNaO2. The molecule has 0 bridgehead atoms. The summed E-state index contributed by atoms with van der Waals surface area (Å²) in [6, 6.07) is 0. The minimum absolute atomic E-state index is 0. The van der Waals surface area contributed by atoms with E-state index in [2.05, 4.69) is 4.65 Å². The van der Waals surface area contributed by atoms with Crippen LogP contribution in [0.25, 0.3) is 0 Å². The molecule has 5 heteroatoms. The van der Waals surface area contributed by atoms with Gasteiger partial charge in [0.05, 0.1) is 0 Å². The van der Waals surface area contributed by atoms with Crippen molar-refractivity contribution in [2.24, 2.45) is 0 Å². The summed E-state index contributed by atoms with van der Waals surface area (Å²) in [6.45, 7) is 1.29. The standard InChI is InChI=1S/C3H5BNO2.Na/c1-3(6)7-4-2-5;/h4H2,1H3;/q-1;+1. The molecule has 0 saturated carbocycles. The summed E-state index contributed by atoms with van der Waals surface area (Å²) in [7, 11) is -1.07. The Morgan fingerprint density at radius 3 is 2.50 bits per heavy atom. The van der Waals surface area contributed by atoms with Crippen LogP contribution in [0.2, 0.25) is 0 Å². The molecule has 0 aromatic heterocycles. The smallest absolute Gasteiger partial charge is 0.681 e. The van der Waals surface area contributed by atoms with Crippen LogP contribution in [-0.2, 0) is 9.45 Å². The monoisotopic (exact) mass is 121 g/mol. The van der Waals surface area contributed by atoms with Crippen LogP contribution < -0.4 is 29.6 Å². The van der Waals surface area contributed by atoms with E-state index in [9.17, 15) is 4.79 Å². The summed E-state index contributed by atoms with van der Waals surface area (Å²) in [5.41, 5.74) is 0. The zero-order chi connectivity index (χ0) is 5.70. The van der Waals surface area contributed by atoms with Crippen LogP contribution in [0.4, 0.5) is 0 Å². The van der Waals surface area contributed by atoms with Crippen LogP contribution in [0, 0.1) is 11.2 Å². The van der Waals surface area contributed by atoms with Crippen molar-refractivity contribution >= 4 is 13.5 Å². The number of rotatable bonds is 1. The first-order chi connectivity index (χ1) is 3.27. The molecule has 0 aromatic rings. The van der Waals surface area contributed by atoms with Crippen LogP contribution in [0.15, 0.2) is 0 Å². The SMILES string of the molecule is CC(=O)O[BH2-]C#N.[Na+]. The normalized spacial score (nSPS) is 6.00. The van der Waals surface area contributed by atoms with Gasteiger partial charge in [0.2, 0.25) is 7.48 Å². The summed E-state index contributed by atoms with van der Waals surface area (Å²) in [6.07, 6.45) is 0. The fraction of sp³-hybridized carbons (Fsp3) is 0.333. The van der Waals surface area contributed by atoms with Gasteiger partial charge < -0.3 is 4.65 Å². The van der Waals surface area contributed by atoms with Gasteiger partial charge in [-0.05, 0) is 0 Å². The molecular weight excluding hydrogens is 116 g/mol. The predicted octanol–water partition coefficient (Wildman–Crippen LogP) is -3.88. The maximum absolute atomic E-state index is 9.86. The number of carbonyl (C=O) groups excluding carboxylic acids is 1. The van der Waals surface area contributed by atoms with E-state index in [4.69, 9.17) is 5.26 Å². The molecule has 0 spiro atoms. The van der Waals surface area contributed by atoms with Gasteiger partial charge in [0.25, 0.3) is 5.97 Å². The Balaban J connectivity index is 0. The Kier molecular flexibility index (Phi) is 9.58. The van der Waals surface area contributed by atoms with E-state index < -0.39 is 7.48 Å². The second kappa shape index (κ2) is 7.02. The molecule has 0 radical (unpaired) electrons. The first-order valence-electron chi connectivity index (χ1n) is 2.04. The maximum Gasteiger partial charge on any atom is 1.00 e. The average molecular weight is 121 g/mol. The molecule has 0 aliphatic heterocycles. The van der Waals surface area contributed by atoms with Crippen molar-refractivity contribution < 1.29 is 39.0 Å². The van der Waals surface area contributed by atoms with Crippen molar-refractivity contribution in [1.29, 1.82) is 5.26 Å². The molecule has 0 saturated heterocycles. The minimum Gasteiger partial charge on any atom is -0.681 e. The molecule has 0 fully saturated rings. The summed E-state index contributed by atoms with van der Waals surface area (Å²) < 4.78 is 4.32. The quantitative estimate of drug-likeness (QED) is 0.333. The summed E-state index contributed by atoms with van der Waals surface area (Å²) in [5, 5.41) is 7.84. The van der Waals surface area contributed by atoms with Gasteiger partial charge in [0.15, 0.2) is 0 Å². The zero-order valence-electron chi connectivity index (χ0n) is 5.26. The van der Waals surface area contributed by atoms with Crippen molar-refractivity contribution in [2.75, 3.05) is 0 Å². The van der Waals surface area contributed by atoms with Gasteiger partial charge in [-0.3, -0.25) is 4.79 Å². The molecule has 3 nitrogen and oxygen atoms in total. The average Bonchev–Trinajstić information content (AvgIpc) is 1.61. The first kappa shape index (κ1) is 10.9. The topological polar surface area (TPSA) is 50.1 Å². The van der Waals surface area contributed by atoms with Crippen molar-refractivity contribution in [3.63, 3.8) is 0 Å². The summed E-state index contributed by atoms with van der Waals surface area (Å²) >= 11 is 0. The van der Waals surface area contributed by atoms with Crippen LogP contribution >= 0.6 is 0 Å². The van der Waals surface area contributed by atoms with Crippen molar-refractivity contribution in [3.8, 4) is 5.97 Å². The molecule has 0 rings (SSSR count). The Hall–Kier alpha value is 0.0249.